The van der Waals surface area contributed by atoms with Gasteiger partial charge in [-0.3, -0.25) is 4.99 Å². The fraction of sp³-hybridized carbons (Fsp3) is 0.667. The average Bonchev–Trinajstić information content (AvgIpc) is 2.02. The molecule has 12 heavy (non-hydrogen) atoms. The van der Waals surface area contributed by atoms with Gasteiger partial charge in [-0.25, -0.2) is 0 Å². The lowest BCUT2D eigenvalue weighted by Gasteiger charge is -2.07. The molecule has 0 heterocycles. The number of rotatable bonds is 6. The van der Waals surface area contributed by atoms with Crippen LogP contribution >= 0.6 is 0 Å². The highest BCUT2D eigenvalue weighted by Gasteiger charge is 1.88. The zero-order valence-electron chi connectivity index (χ0n) is 8.03. The van der Waals surface area contributed by atoms with E-state index in [0.717, 1.165) is 13.0 Å². The molecule has 0 aliphatic rings. The van der Waals surface area contributed by atoms with Crippen LogP contribution in [0.1, 0.15) is 19.3 Å². The largest absolute Gasteiger partial charge is 0.403 e. The van der Waals surface area contributed by atoms with E-state index in [4.69, 9.17) is 5.73 Å². The molecule has 0 atom stereocenters. The van der Waals surface area contributed by atoms with Crippen LogP contribution in [0.3, 0.4) is 0 Å². The van der Waals surface area contributed by atoms with Crippen LogP contribution in [0.2, 0.25) is 0 Å². The minimum Gasteiger partial charge on any atom is -0.403 e. The Balaban J connectivity index is 3.10. The Morgan fingerprint density at radius 3 is 2.67 bits per heavy atom. The van der Waals surface area contributed by atoms with E-state index in [-0.39, 0.29) is 0 Å². The topological polar surface area (TPSA) is 41.6 Å². The van der Waals surface area contributed by atoms with Gasteiger partial charge in [-0.05, 0) is 39.9 Å². The van der Waals surface area contributed by atoms with Gasteiger partial charge in [0.25, 0.3) is 0 Å². The summed E-state index contributed by atoms with van der Waals surface area (Å²) in [4.78, 5) is 6.15. The van der Waals surface area contributed by atoms with Crippen molar-refractivity contribution in [2.75, 3.05) is 20.6 Å². The molecule has 0 aliphatic carbocycles. The lowest BCUT2D eigenvalue weighted by molar-refractivity contribution is 0.396. The Bertz CT molecular complexity index is 139. The highest BCUT2D eigenvalue weighted by atomic mass is 15.0. The molecule has 0 bridgehead atoms. The number of nitrogens with zero attached hydrogens (tertiary/aromatic N) is 2. The van der Waals surface area contributed by atoms with Crippen molar-refractivity contribution in [1.82, 2.24) is 4.90 Å². The molecule has 0 aliphatic heterocycles. The molecule has 0 amide bonds. The van der Waals surface area contributed by atoms with Crippen LogP contribution in [0.15, 0.2) is 17.4 Å². The molecule has 0 saturated carbocycles. The lowest BCUT2D eigenvalue weighted by Crippen LogP contribution is -2.12. The molecule has 0 radical (unpaired) electrons. The highest BCUT2D eigenvalue weighted by Crippen LogP contribution is 1.93. The average molecular weight is 169 g/mol. The smallest absolute Gasteiger partial charge is 0.0418 e. The van der Waals surface area contributed by atoms with E-state index in [1.165, 1.54) is 19.0 Å². The Labute approximate surface area is 75.0 Å². The molecular weight excluding hydrogens is 150 g/mol. The van der Waals surface area contributed by atoms with Crippen LogP contribution in [-0.2, 0) is 0 Å². The minimum atomic E-state index is 1.04. The van der Waals surface area contributed by atoms with Gasteiger partial charge in [0.05, 0.1) is 0 Å². The molecule has 0 saturated heterocycles. The van der Waals surface area contributed by atoms with Crippen molar-refractivity contribution in [2.24, 2.45) is 10.7 Å². The van der Waals surface area contributed by atoms with E-state index in [1.807, 2.05) is 6.21 Å². The van der Waals surface area contributed by atoms with Gasteiger partial charge in [0.2, 0.25) is 0 Å². The first-order valence-electron chi connectivity index (χ1n) is 4.30. The van der Waals surface area contributed by atoms with Gasteiger partial charge in [0.15, 0.2) is 0 Å². The summed E-state index contributed by atoms with van der Waals surface area (Å²) in [5, 5.41) is 0. The minimum absolute atomic E-state index is 1.04. The van der Waals surface area contributed by atoms with Crippen molar-refractivity contribution in [3.05, 3.63) is 12.4 Å². The number of unbranched alkanes of at least 4 members (excludes halogenated alkanes) is 2. The van der Waals surface area contributed by atoms with E-state index in [9.17, 15) is 0 Å². The molecule has 0 spiro atoms. The summed E-state index contributed by atoms with van der Waals surface area (Å²) in [6.45, 7) is 1.15. The van der Waals surface area contributed by atoms with Gasteiger partial charge < -0.3 is 10.6 Å². The fourth-order valence-electron chi connectivity index (χ4n) is 0.849. The lowest BCUT2D eigenvalue weighted by atomic mass is 10.2. The third-order valence-corrected chi connectivity index (χ3v) is 1.47. The first-order valence-corrected chi connectivity index (χ1v) is 4.30. The maximum absolute atomic E-state index is 5.11. The van der Waals surface area contributed by atoms with Gasteiger partial charge in [-0.15, -0.1) is 0 Å². The van der Waals surface area contributed by atoms with Crippen LogP contribution in [-0.4, -0.2) is 31.8 Å². The molecule has 2 N–H and O–H groups in total. The van der Waals surface area contributed by atoms with E-state index < -0.39 is 0 Å². The third kappa shape index (κ3) is 9.17. The monoisotopic (exact) mass is 169 g/mol. The molecule has 3 nitrogen and oxygen atoms in total. The molecular formula is C9H19N3. The second-order valence-corrected chi connectivity index (χ2v) is 2.97. The van der Waals surface area contributed by atoms with Crippen molar-refractivity contribution >= 4 is 6.21 Å². The van der Waals surface area contributed by atoms with E-state index >= 15 is 0 Å². The van der Waals surface area contributed by atoms with Gasteiger partial charge in [-0.2, -0.15) is 0 Å². The van der Waals surface area contributed by atoms with Crippen LogP contribution < -0.4 is 5.73 Å². The molecule has 0 unspecified atom stereocenters. The summed E-state index contributed by atoms with van der Waals surface area (Å²) in [6.07, 6.45) is 8.41. The zero-order chi connectivity index (χ0) is 9.23. The SMILES string of the molecule is CN(C)CCCCC=NC=CN. The Kier molecular flexibility index (Phi) is 7.70. The van der Waals surface area contributed by atoms with Crippen LogP contribution in [0, 0.1) is 0 Å². The van der Waals surface area contributed by atoms with Crippen LogP contribution in [0.4, 0.5) is 0 Å². The maximum atomic E-state index is 5.11. The highest BCUT2D eigenvalue weighted by molar-refractivity contribution is 5.57. The molecule has 3 heteroatoms. The fourth-order valence-corrected chi connectivity index (χ4v) is 0.849. The van der Waals surface area contributed by atoms with Crippen molar-refractivity contribution in [3.63, 3.8) is 0 Å². The second kappa shape index (κ2) is 8.27. The Morgan fingerprint density at radius 1 is 1.33 bits per heavy atom. The quantitative estimate of drug-likeness (QED) is 0.480. The maximum Gasteiger partial charge on any atom is 0.0418 e. The summed E-state index contributed by atoms with van der Waals surface area (Å²) in [7, 11) is 4.18. The van der Waals surface area contributed by atoms with Crippen molar-refractivity contribution < 1.29 is 0 Å². The predicted molar refractivity (Wildman–Crippen MR) is 54.2 cm³/mol. The van der Waals surface area contributed by atoms with Crippen molar-refractivity contribution in [2.45, 2.75) is 19.3 Å². The molecule has 70 valence electrons. The Hall–Kier alpha value is -0.830. The van der Waals surface area contributed by atoms with Crippen LogP contribution in [0.25, 0.3) is 0 Å². The number of hydrogen-bond donors (Lipinski definition) is 1. The van der Waals surface area contributed by atoms with Gasteiger partial charge in [-0.1, -0.05) is 0 Å². The molecule has 0 rings (SSSR count). The summed E-state index contributed by atoms with van der Waals surface area (Å²) < 4.78 is 0. The van der Waals surface area contributed by atoms with Gasteiger partial charge in [0, 0.05) is 18.6 Å². The molecule has 0 aromatic rings. The van der Waals surface area contributed by atoms with E-state index in [0.29, 0.717) is 0 Å². The number of hydrogen-bond acceptors (Lipinski definition) is 3. The number of nitrogens with two attached hydrogens (primary N) is 1. The molecule has 0 aromatic carbocycles. The van der Waals surface area contributed by atoms with E-state index in [2.05, 4.69) is 24.0 Å². The summed E-state index contributed by atoms with van der Waals surface area (Å²) in [6, 6.07) is 0. The summed E-state index contributed by atoms with van der Waals surface area (Å²) >= 11 is 0. The van der Waals surface area contributed by atoms with Crippen molar-refractivity contribution in [1.29, 1.82) is 0 Å². The first-order chi connectivity index (χ1) is 5.77. The zero-order valence-corrected chi connectivity index (χ0v) is 8.03. The van der Waals surface area contributed by atoms with Crippen LogP contribution in [0.5, 0.6) is 0 Å². The third-order valence-electron chi connectivity index (χ3n) is 1.47. The van der Waals surface area contributed by atoms with Gasteiger partial charge >= 0.3 is 0 Å². The summed E-state index contributed by atoms with van der Waals surface area (Å²) in [5.41, 5.74) is 5.11. The second-order valence-electron chi connectivity index (χ2n) is 2.97. The first kappa shape index (κ1) is 11.2. The standard InChI is InChI=1S/C9H19N3/c1-12(2)9-5-3-4-7-11-8-6-10/h6-8H,3-5,9-10H2,1-2H3. The predicted octanol–water partition coefficient (Wildman–Crippen LogP) is 1.22. The summed E-state index contributed by atoms with van der Waals surface area (Å²) in [5.74, 6) is 0. The van der Waals surface area contributed by atoms with Crippen molar-refractivity contribution in [3.8, 4) is 0 Å². The van der Waals surface area contributed by atoms with E-state index in [1.54, 1.807) is 6.20 Å². The molecule has 0 aromatic heterocycles. The Morgan fingerprint density at radius 2 is 2.08 bits per heavy atom. The number of aliphatic imine (C=N–C) groups is 1. The normalized spacial score (nSPS) is 12.2. The molecule has 0 fully saturated rings. The van der Waals surface area contributed by atoms with Gasteiger partial charge in [0.1, 0.15) is 0 Å².